The Balaban J connectivity index is 1.42. The van der Waals surface area contributed by atoms with Gasteiger partial charge in [-0.1, -0.05) is 3.89 Å². The fraction of sp³-hybridized carbons (Fsp3) is 0.300. The fourth-order valence-electron chi connectivity index (χ4n) is 3.25. The summed E-state index contributed by atoms with van der Waals surface area (Å²) in [6.07, 6.45) is 2.87. The minimum atomic E-state index is -5.10. The summed E-state index contributed by atoms with van der Waals surface area (Å²) in [5.74, 6) is -0.593. The second-order valence-electron chi connectivity index (χ2n) is 7.02. The van der Waals surface area contributed by atoms with Crippen LogP contribution in [0.25, 0.3) is 0 Å². The molecule has 0 heterocycles. The average molecular weight is 452 g/mol. The second kappa shape index (κ2) is 9.65. The lowest BCUT2D eigenvalue weighted by Gasteiger charge is -2.29. The van der Waals surface area contributed by atoms with Crippen LogP contribution >= 0.6 is 0 Å². The van der Waals surface area contributed by atoms with Gasteiger partial charge in [0.1, 0.15) is 11.5 Å². The van der Waals surface area contributed by atoms with Crippen molar-refractivity contribution in [2.24, 2.45) is 0 Å². The fourth-order valence-corrected chi connectivity index (χ4v) is 3.60. The van der Waals surface area contributed by atoms with Crippen LogP contribution in [0.2, 0.25) is 0 Å². The van der Waals surface area contributed by atoms with Crippen LogP contribution in [0.5, 0.6) is 11.5 Å². The van der Waals surface area contributed by atoms with Crippen LogP contribution in [0.15, 0.2) is 48.5 Å². The van der Waals surface area contributed by atoms with Crippen molar-refractivity contribution in [2.75, 3.05) is 5.32 Å². The first-order chi connectivity index (χ1) is 14.7. The number of carbonyl (C=O) groups is 2. The molecular formula is C20H21FN2O7S. The quantitative estimate of drug-likeness (QED) is 0.548. The minimum Gasteiger partial charge on any atom is -0.490 e. The Hall–Kier alpha value is -3.34. The molecule has 0 unspecified atom stereocenters. The third kappa shape index (κ3) is 7.14. The molecule has 31 heavy (non-hydrogen) atoms. The van der Waals surface area contributed by atoms with Gasteiger partial charge in [0.25, 0.3) is 0 Å². The number of carbonyl (C=O) groups excluding carboxylic acids is 1. The largest absolute Gasteiger partial charge is 0.490 e. The van der Waals surface area contributed by atoms with Crippen LogP contribution in [0.4, 0.5) is 14.4 Å². The monoisotopic (exact) mass is 452 g/mol. The summed E-state index contributed by atoms with van der Waals surface area (Å²) in [6, 6.07) is 11.0. The number of halogens is 1. The van der Waals surface area contributed by atoms with Gasteiger partial charge in [0.15, 0.2) is 0 Å². The summed E-state index contributed by atoms with van der Waals surface area (Å²) in [7, 11) is -5.10. The van der Waals surface area contributed by atoms with Crippen molar-refractivity contribution in [3.05, 3.63) is 54.1 Å². The van der Waals surface area contributed by atoms with Gasteiger partial charge in [-0.3, -0.25) is 0 Å². The van der Waals surface area contributed by atoms with Crippen LogP contribution < -0.4 is 19.6 Å². The first-order valence-electron chi connectivity index (χ1n) is 9.49. The van der Waals surface area contributed by atoms with Crippen LogP contribution in [0.1, 0.15) is 36.0 Å². The molecule has 0 spiro atoms. The van der Waals surface area contributed by atoms with Gasteiger partial charge in [0.05, 0.1) is 11.7 Å². The van der Waals surface area contributed by atoms with E-state index in [1.165, 1.54) is 36.4 Å². The molecule has 0 aromatic heterocycles. The van der Waals surface area contributed by atoms with E-state index in [2.05, 4.69) is 14.8 Å². The topological polar surface area (TPSA) is 131 Å². The van der Waals surface area contributed by atoms with Gasteiger partial charge in [-0.25, -0.2) is 9.59 Å². The highest BCUT2D eigenvalue weighted by Crippen LogP contribution is 2.24. The number of rotatable bonds is 7. The highest BCUT2D eigenvalue weighted by Gasteiger charge is 2.24. The highest BCUT2D eigenvalue weighted by atomic mass is 32.3. The molecule has 3 rings (SSSR count). The molecule has 9 nitrogen and oxygen atoms in total. The SMILES string of the molecule is O=C(Nc1ccc(OS(=O)(=O)F)cc1)N[C@H]1CC[C@H](Oc2ccc(C(=O)O)cc2)CC1. The zero-order chi connectivity index (χ0) is 22.4. The first-order valence-corrected chi connectivity index (χ1v) is 10.8. The van der Waals surface area contributed by atoms with Crippen molar-refractivity contribution < 1.29 is 35.9 Å². The molecule has 0 radical (unpaired) electrons. The van der Waals surface area contributed by atoms with Crippen LogP contribution in [0, 0.1) is 0 Å². The molecule has 3 N–H and O–H groups in total. The van der Waals surface area contributed by atoms with Gasteiger partial charge in [-0.15, -0.1) is 0 Å². The third-order valence-corrected chi connectivity index (χ3v) is 5.11. The lowest BCUT2D eigenvalue weighted by atomic mass is 9.93. The highest BCUT2D eigenvalue weighted by molar-refractivity contribution is 7.81. The molecule has 2 amide bonds. The Morgan fingerprint density at radius 1 is 0.935 bits per heavy atom. The number of aromatic carboxylic acids is 1. The van der Waals surface area contributed by atoms with Gasteiger partial charge < -0.3 is 24.7 Å². The zero-order valence-corrected chi connectivity index (χ0v) is 17.1. The van der Waals surface area contributed by atoms with Crippen molar-refractivity contribution in [3.8, 4) is 11.5 Å². The molecule has 0 bridgehead atoms. The van der Waals surface area contributed by atoms with Crippen LogP contribution in [0.3, 0.4) is 0 Å². The molecule has 1 aliphatic carbocycles. The molecule has 1 aliphatic rings. The molecule has 0 saturated heterocycles. The van der Waals surface area contributed by atoms with E-state index in [1.54, 1.807) is 12.1 Å². The molecule has 166 valence electrons. The lowest BCUT2D eigenvalue weighted by Crippen LogP contribution is -2.41. The van der Waals surface area contributed by atoms with Gasteiger partial charge in [0.2, 0.25) is 0 Å². The number of anilines is 1. The average Bonchev–Trinajstić information content (AvgIpc) is 2.70. The molecule has 11 heteroatoms. The Bertz CT molecular complexity index is 1020. The van der Waals surface area contributed by atoms with Crippen molar-refractivity contribution in [1.29, 1.82) is 0 Å². The maximum absolute atomic E-state index is 12.5. The van der Waals surface area contributed by atoms with E-state index in [4.69, 9.17) is 9.84 Å². The molecule has 2 aromatic carbocycles. The van der Waals surface area contributed by atoms with E-state index in [0.717, 1.165) is 12.8 Å². The molecular weight excluding hydrogens is 431 g/mol. The van der Waals surface area contributed by atoms with Crippen molar-refractivity contribution in [2.45, 2.75) is 37.8 Å². The Morgan fingerprint density at radius 3 is 2.06 bits per heavy atom. The summed E-state index contributed by atoms with van der Waals surface area (Å²) >= 11 is 0. The Morgan fingerprint density at radius 2 is 1.52 bits per heavy atom. The number of ether oxygens (including phenoxy) is 1. The maximum Gasteiger partial charge on any atom is 0.488 e. The number of nitrogens with one attached hydrogen (secondary N) is 2. The normalized spacial score (nSPS) is 18.6. The van der Waals surface area contributed by atoms with E-state index in [1.807, 2.05) is 0 Å². The molecule has 1 saturated carbocycles. The van der Waals surface area contributed by atoms with Gasteiger partial charge >= 0.3 is 22.5 Å². The van der Waals surface area contributed by atoms with Crippen molar-refractivity contribution in [1.82, 2.24) is 5.32 Å². The second-order valence-corrected chi connectivity index (χ2v) is 7.97. The van der Waals surface area contributed by atoms with Gasteiger partial charge in [-0.05, 0) is 74.2 Å². The van der Waals surface area contributed by atoms with E-state index in [-0.39, 0.29) is 23.5 Å². The Labute approximate surface area is 178 Å². The number of carboxylic acids is 1. The molecule has 2 aromatic rings. The number of urea groups is 1. The number of carboxylic acid groups (broad SMARTS) is 1. The summed E-state index contributed by atoms with van der Waals surface area (Å²) in [6.45, 7) is 0. The predicted octanol–water partition coefficient (Wildman–Crippen LogP) is 3.49. The van der Waals surface area contributed by atoms with E-state index in [9.17, 15) is 21.9 Å². The molecule has 1 fully saturated rings. The zero-order valence-electron chi connectivity index (χ0n) is 16.3. The van der Waals surface area contributed by atoms with E-state index >= 15 is 0 Å². The summed E-state index contributed by atoms with van der Waals surface area (Å²) in [5.41, 5.74) is 0.587. The first kappa shape index (κ1) is 22.3. The number of hydrogen-bond acceptors (Lipinski definition) is 6. The van der Waals surface area contributed by atoms with E-state index < -0.39 is 22.5 Å². The van der Waals surface area contributed by atoms with Gasteiger partial charge in [0, 0.05) is 11.7 Å². The number of benzene rings is 2. The van der Waals surface area contributed by atoms with Crippen LogP contribution in [-0.2, 0) is 10.5 Å². The summed E-state index contributed by atoms with van der Waals surface area (Å²) in [4.78, 5) is 23.1. The van der Waals surface area contributed by atoms with E-state index in [0.29, 0.717) is 24.3 Å². The van der Waals surface area contributed by atoms with Gasteiger partial charge in [-0.2, -0.15) is 8.42 Å². The maximum atomic E-state index is 12.5. The summed E-state index contributed by atoms with van der Waals surface area (Å²) in [5, 5.41) is 14.4. The lowest BCUT2D eigenvalue weighted by molar-refractivity contribution is 0.0696. The van der Waals surface area contributed by atoms with Crippen molar-refractivity contribution >= 4 is 28.2 Å². The number of amides is 2. The van der Waals surface area contributed by atoms with Crippen LogP contribution in [-0.4, -0.2) is 37.7 Å². The smallest absolute Gasteiger partial charge is 0.488 e. The standard InChI is InChI=1S/C20H21FN2O7S/c21-31(27,28)30-18-11-5-15(6-12-18)23-20(26)22-14-3-9-17(10-4-14)29-16-7-1-13(2-8-16)19(24)25/h1-2,5-8,11-12,14,17H,3-4,9-10H2,(H,24,25)(H2,22,23,26)/t14-,17-. The number of hydrogen-bond donors (Lipinski definition) is 3. The predicted molar refractivity (Wildman–Crippen MR) is 109 cm³/mol. The minimum absolute atomic E-state index is 0.0175. The van der Waals surface area contributed by atoms with Crippen molar-refractivity contribution in [3.63, 3.8) is 0 Å². The summed E-state index contributed by atoms with van der Waals surface area (Å²) < 4.78 is 43.4. The third-order valence-electron chi connectivity index (χ3n) is 4.72. The molecule has 0 atom stereocenters. The molecule has 0 aliphatic heterocycles. The Kier molecular flexibility index (Phi) is 6.95.